The second kappa shape index (κ2) is 7.75. The van der Waals surface area contributed by atoms with Crippen LogP contribution >= 0.6 is 0 Å². The van der Waals surface area contributed by atoms with Crippen LogP contribution < -0.4 is 0 Å². The molecule has 2 nitrogen and oxygen atoms in total. The zero-order chi connectivity index (χ0) is 11.7. The predicted octanol–water partition coefficient (Wildman–Crippen LogP) is 3.91. The van der Waals surface area contributed by atoms with Gasteiger partial charge in [-0.05, 0) is 26.3 Å². The van der Waals surface area contributed by atoms with E-state index in [1.54, 1.807) is 7.11 Å². The van der Waals surface area contributed by atoms with E-state index in [0.29, 0.717) is 6.61 Å². The lowest BCUT2D eigenvalue weighted by atomic mass is 10.0. The molecule has 0 fully saturated rings. The first-order valence-electron chi connectivity index (χ1n) is 5.92. The smallest absolute Gasteiger partial charge is 0.0935 e. The summed E-state index contributed by atoms with van der Waals surface area (Å²) in [5.41, 5.74) is -0.0148. The van der Waals surface area contributed by atoms with Gasteiger partial charge in [-0.3, -0.25) is 0 Å². The van der Waals surface area contributed by atoms with Crippen LogP contribution in [0.25, 0.3) is 0 Å². The minimum Gasteiger partial charge on any atom is -0.501 e. The first-order chi connectivity index (χ1) is 7.05. The summed E-state index contributed by atoms with van der Waals surface area (Å²) in [6, 6.07) is 0. The molecule has 0 aliphatic carbocycles. The fourth-order valence-electron chi connectivity index (χ4n) is 1.41. The van der Waals surface area contributed by atoms with E-state index in [2.05, 4.69) is 27.7 Å². The van der Waals surface area contributed by atoms with Crippen LogP contribution in [0.3, 0.4) is 0 Å². The highest BCUT2D eigenvalue weighted by atomic mass is 16.5. The van der Waals surface area contributed by atoms with E-state index >= 15 is 0 Å². The molecular weight excluding hydrogens is 188 g/mol. The third-order valence-corrected chi connectivity index (χ3v) is 2.53. The average molecular weight is 214 g/mol. The van der Waals surface area contributed by atoms with E-state index in [1.807, 2.05) is 6.08 Å². The van der Waals surface area contributed by atoms with Gasteiger partial charge in [-0.1, -0.05) is 26.7 Å². The lowest BCUT2D eigenvalue weighted by Gasteiger charge is -2.24. The van der Waals surface area contributed by atoms with Crippen molar-refractivity contribution in [2.24, 2.45) is 0 Å². The molecule has 90 valence electrons. The standard InChI is InChI=1S/C13H26O2/c1-6-8-10-13(3,4)15-11-9-12(7-2)14-5/h9H,6-8,10-11H2,1-5H3/b12-9-. The van der Waals surface area contributed by atoms with Crippen molar-refractivity contribution in [2.75, 3.05) is 13.7 Å². The maximum atomic E-state index is 5.81. The molecule has 0 atom stereocenters. The minimum absolute atomic E-state index is 0.0148. The van der Waals surface area contributed by atoms with Crippen molar-refractivity contribution in [3.8, 4) is 0 Å². The Bertz CT molecular complexity index is 177. The van der Waals surface area contributed by atoms with Crippen LogP contribution in [0.5, 0.6) is 0 Å². The summed E-state index contributed by atoms with van der Waals surface area (Å²) < 4.78 is 11.0. The van der Waals surface area contributed by atoms with E-state index in [9.17, 15) is 0 Å². The summed E-state index contributed by atoms with van der Waals surface area (Å²) in [5.74, 6) is 1.00. The monoisotopic (exact) mass is 214 g/mol. The van der Waals surface area contributed by atoms with Crippen molar-refractivity contribution in [2.45, 2.75) is 59.0 Å². The van der Waals surface area contributed by atoms with Gasteiger partial charge in [0, 0.05) is 6.42 Å². The van der Waals surface area contributed by atoms with Gasteiger partial charge in [0.05, 0.1) is 25.1 Å². The largest absolute Gasteiger partial charge is 0.501 e. The molecule has 0 rings (SSSR count). The van der Waals surface area contributed by atoms with Gasteiger partial charge in [0.25, 0.3) is 0 Å². The van der Waals surface area contributed by atoms with Crippen LogP contribution in [0.4, 0.5) is 0 Å². The number of hydrogen-bond acceptors (Lipinski definition) is 2. The van der Waals surface area contributed by atoms with Crippen molar-refractivity contribution in [3.05, 3.63) is 11.8 Å². The maximum absolute atomic E-state index is 5.81. The van der Waals surface area contributed by atoms with Crippen LogP contribution in [0, 0.1) is 0 Å². The average Bonchev–Trinajstić information content (AvgIpc) is 2.22. The van der Waals surface area contributed by atoms with Crippen molar-refractivity contribution >= 4 is 0 Å². The molecule has 0 aromatic heterocycles. The first kappa shape index (κ1) is 14.5. The van der Waals surface area contributed by atoms with E-state index in [0.717, 1.165) is 18.6 Å². The Morgan fingerprint density at radius 1 is 1.27 bits per heavy atom. The number of unbranched alkanes of at least 4 members (excludes halogenated alkanes) is 1. The number of methoxy groups -OCH3 is 1. The molecular formula is C13H26O2. The van der Waals surface area contributed by atoms with E-state index in [1.165, 1.54) is 12.8 Å². The lowest BCUT2D eigenvalue weighted by Crippen LogP contribution is -2.24. The number of ether oxygens (including phenoxy) is 2. The highest BCUT2D eigenvalue weighted by Crippen LogP contribution is 2.18. The van der Waals surface area contributed by atoms with Gasteiger partial charge in [-0.2, -0.15) is 0 Å². The van der Waals surface area contributed by atoms with Gasteiger partial charge in [0.15, 0.2) is 0 Å². The van der Waals surface area contributed by atoms with E-state index in [-0.39, 0.29) is 5.60 Å². The summed E-state index contributed by atoms with van der Waals surface area (Å²) in [7, 11) is 1.71. The number of hydrogen-bond donors (Lipinski definition) is 0. The molecule has 0 radical (unpaired) electrons. The molecule has 0 amide bonds. The predicted molar refractivity (Wildman–Crippen MR) is 64.9 cm³/mol. The van der Waals surface area contributed by atoms with Crippen molar-refractivity contribution in [1.82, 2.24) is 0 Å². The van der Waals surface area contributed by atoms with Crippen LogP contribution in [0.1, 0.15) is 53.4 Å². The molecule has 0 spiro atoms. The zero-order valence-corrected chi connectivity index (χ0v) is 10.9. The summed E-state index contributed by atoms with van der Waals surface area (Å²) in [4.78, 5) is 0. The fourth-order valence-corrected chi connectivity index (χ4v) is 1.41. The summed E-state index contributed by atoms with van der Waals surface area (Å²) in [6.45, 7) is 9.23. The molecule has 0 heterocycles. The molecule has 0 saturated heterocycles. The Morgan fingerprint density at radius 3 is 2.40 bits per heavy atom. The third-order valence-electron chi connectivity index (χ3n) is 2.53. The number of rotatable bonds is 8. The highest BCUT2D eigenvalue weighted by molar-refractivity contribution is 4.92. The zero-order valence-electron chi connectivity index (χ0n) is 10.9. The molecule has 15 heavy (non-hydrogen) atoms. The second-order valence-corrected chi connectivity index (χ2v) is 4.40. The van der Waals surface area contributed by atoms with E-state index in [4.69, 9.17) is 9.47 Å². The van der Waals surface area contributed by atoms with Crippen LogP contribution in [-0.2, 0) is 9.47 Å². The molecule has 0 aliphatic rings. The summed E-state index contributed by atoms with van der Waals surface area (Å²) in [5, 5.41) is 0. The molecule has 0 N–H and O–H groups in total. The molecule has 0 bridgehead atoms. The van der Waals surface area contributed by atoms with Crippen LogP contribution in [-0.4, -0.2) is 19.3 Å². The molecule has 0 aromatic rings. The van der Waals surface area contributed by atoms with Crippen molar-refractivity contribution in [3.63, 3.8) is 0 Å². The second-order valence-electron chi connectivity index (χ2n) is 4.40. The molecule has 2 heteroatoms. The Morgan fingerprint density at radius 2 is 1.93 bits per heavy atom. The van der Waals surface area contributed by atoms with Crippen molar-refractivity contribution < 1.29 is 9.47 Å². The quantitative estimate of drug-likeness (QED) is 0.570. The van der Waals surface area contributed by atoms with E-state index < -0.39 is 0 Å². The summed E-state index contributed by atoms with van der Waals surface area (Å²) >= 11 is 0. The Kier molecular flexibility index (Phi) is 7.49. The SMILES string of the molecule is CCCCC(C)(C)OC/C=C(/CC)OC. The Labute approximate surface area is 94.7 Å². The maximum Gasteiger partial charge on any atom is 0.0935 e. The third kappa shape index (κ3) is 7.43. The topological polar surface area (TPSA) is 18.5 Å². The summed E-state index contributed by atoms with van der Waals surface area (Å²) in [6.07, 6.45) is 6.51. The Hall–Kier alpha value is -0.500. The van der Waals surface area contributed by atoms with Gasteiger partial charge >= 0.3 is 0 Å². The minimum atomic E-state index is -0.0148. The fraction of sp³-hybridized carbons (Fsp3) is 0.846. The van der Waals surface area contributed by atoms with Crippen LogP contribution in [0.15, 0.2) is 11.8 Å². The lowest BCUT2D eigenvalue weighted by molar-refractivity contribution is -0.00978. The van der Waals surface area contributed by atoms with Crippen LogP contribution in [0.2, 0.25) is 0 Å². The van der Waals surface area contributed by atoms with Gasteiger partial charge in [0.2, 0.25) is 0 Å². The number of allylic oxidation sites excluding steroid dienone is 1. The molecule has 0 aromatic carbocycles. The normalized spacial score (nSPS) is 13.0. The Balaban J connectivity index is 3.86. The van der Waals surface area contributed by atoms with Gasteiger partial charge < -0.3 is 9.47 Å². The first-order valence-corrected chi connectivity index (χ1v) is 5.92. The molecule has 0 saturated carbocycles. The van der Waals surface area contributed by atoms with Crippen molar-refractivity contribution in [1.29, 1.82) is 0 Å². The van der Waals surface area contributed by atoms with Gasteiger partial charge in [-0.25, -0.2) is 0 Å². The highest BCUT2D eigenvalue weighted by Gasteiger charge is 2.16. The van der Waals surface area contributed by atoms with Gasteiger partial charge in [-0.15, -0.1) is 0 Å². The molecule has 0 aliphatic heterocycles. The van der Waals surface area contributed by atoms with Gasteiger partial charge in [0.1, 0.15) is 0 Å². The molecule has 0 unspecified atom stereocenters.